The maximum Gasteiger partial charge on any atom is 0.0615 e. The highest BCUT2D eigenvalue weighted by Gasteiger charge is 2.14. The molecule has 0 saturated carbocycles. The van der Waals surface area contributed by atoms with Gasteiger partial charge in [0, 0.05) is 39.9 Å². The van der Waals surface area contributed by atoms with Crippen molar-refractivity contribution in [3.05, 3.63) is 29.6 Å². The monoisotopic (exact) mass is 281 g/mol. The summed E-state index contributed by atoms with van der Waals surface area (Å²) in [5.74, 6) is 0. The molecule has 0 aromatic carbocycles. The van der Waals surface area contributed by atoms with E-state index in [1.54, 1.807) is 14.2 Å². The lowest BCUT2D eigenvalue weighted by molar-refractivity contribution is 0.0697. The van der Waals surface area contributed by atoms with Crippen LogP contribution in [0, 0.1) is 0 Å². The molecule has 0 aliphatic carbocycles. The summed E-state index contributed by atoms with van der Waals surface area (Å²) in [4.78, 5) is 7.00. The van der Waals surface area contributed by atoms with E-state index in [2.05, 4.69) is 34.3 Å². The fourth-order valence-electron chi connectivity index (χ4n) is 2.12. The lowest BCUT2D eigenvalue weighted by atomic mass is 10.2. The number of hydrogen-bond donors (Lipinski definition) is 1. The highest BCUT2D eigenvalue weighted by atomic mass is 16.5. The van der Waals surface area contributed by atoms with Gasteiger partial charge < -0.3 is 14.8 Å². The third-order valence-electron chi connectivity index (χ3n) is 3.20. The van der Waals surface area contributed by atoms with Crippen molar-refractivity contribution in [2.75, 3.05) is 41.0 Å². The number of ether oxygens (including phenoxy) is 2. The number of pyridine rings is 1. The van der Waals surface area contributed by atoms with Crippen LogP contribution in [0.15, 0.2) is 18.2 Å². The number of methoxy groups -OCH3 is 2. The van der Waals surface area contributed by atoms with Gasteiger partial charge >= 0.3 is 0 Å². The first-order chi connectivity index (χ1) is 9.71. The molecule has 0 saturated heterocycles. The molecule has 1 heterocycles. The summed E-state index contributed by atoms with van der Waals surface area (Å²) in [6.07, 6.45) is 0. The Morgan fingerprint density at radius 3 is 2.65 bits per heavy atom. The molecule has 0 fully saturated rings. The predicted molar refractivity (Wildman–Crippen MR) is 80.6 cm³/mol. The molecule has 5 heteroatoms. The van der Waals surface area contributed by atoms with Crippen molar-refractivity contribution >= 4 is 0 Å². The lowest BCUT2D eigenvalue weighted by Gasteiger charge is -2.28. The second-order valence-corrected chi connectivity index (χ2v) is 4.92. The van der Waals surface area contributed by atoms with Crippen molar-refractivity contribution in [1.29, 1.82) is 0 Å². The van der Waals surface area contributed by atoms with Gasteiger partial charge in [0.25, 0.3) is 0 Å². The SMILES string of the molecule is CNCc1cccc(CN(CCOC)C(C)COC)n1. The second-order valence-electron chi connectivity index (χ2n) is 4.92. The molecule has 0 radical (unpaired) electrons. The molecule has 1 rings (SSSR count). The van der Waals surface area contributed by atoms with Crippen molar-refractivity contribution < 1.29 is 9.47 Å². The Kier molecular flexibility index (Phi) is 8.37. The summed E-state index contributed by atoms with van der Waals surface area (Å²) in [5, 5.41) is 3.13. The van der Waals surface area contributed by atoms with Crippen LogP contribution in [0.5, 0.6) is 0 Å². The highest BCUT2D eigenvalue weighted by molar-refractivity contribution is 5.11. The zero-order chi connectivity index (χ0) is 14.8. The fourth-order valence-corrected chi connectivity index (χ4v) is 2.12. The van der Waals surface area contributed by atoms with Gasteiger partial charge in [-0.15, -0.1) is 0 Å². The van der Waals surface area contributed by atoms with E-state index < -0.39 is 0 Å². The van der Waals surface area contributed by atoms with Gasteiger partial charge in [0.05, 0.1) is 24.6 Å². The van der Waals surface area contributed by atoms with Crippen molar-refractivity contribution in [3.8, 4) is 0 Å². The van der Waals surface area contributed by atoms with Crippen molar-refractivity contribution in [2.45, 2.75) is 26.1 Å². The first kappa shape index (κ1) is 17.0. The zero-order valence-electron chi connectivity index (χ0n) is 13.1. The Morgan fingerprint density at radius 1 is 1.25 bits per heavy atom. The Morgan fingerprint density at radius 2 is 2.00 bits per heavy atom. The van der Waals surface area contributed by atoms with Crippen LogP contribution in [-0.2, 0) is 22.6 Å². The third-order valence-corrected chi connectivity index (χ3v) is 3.20. The molecule has 0 spiro atoms. The molecule has 1 aromatic rings. The molecular formula is C15H27N3O2. The van der Waals surface area contributed by atoms with Gasteiger partial charge in [-0.3, -0.25) is 9.88 Å². The third kappa shape index (κ3) is 5.96. The minimum atomic E-state index is 0.338. The standard InChI is InChI=1S/C15H27N3O2/c1-13(12-20-4)18(8-9-19-3)11-15-7-5-6-14(17-15)10-16-2/h5-7,13,16H,8-12H2,1-4H3. The number of rotatable bonds is 10. The van der Waals surface area contributed by atoms with E-state index in [4.69, 9.17) is 9.47 Å². The molecule has 5 nitrogen and oxygen atoms in total. The molecule has 0 aliphatic heterocycles. The van der Waals surface area contributed by atoms with Crippen LogP contribution in [0.1, 0.15) is 18.3 Å². The topological polar surface area (TPSA) is 46.6 Å². The number of aromatic nitrogens is 1. The van der Waals surface area contributed by atoms with E-state index in [9.17, 15) is 0 Å². The normalized spacial score (nSPS) is 12.8. The van der Waals surface area contributed by atoms with E-state index in [0.717, 1.165) is 31.0 Å². The number of nitrogens with zero attached hydrogens (tertiary/aromatic N) is 2. The summed E-state index contributed by atoms with van der Waals surface area (Å²) in [7, 11) is 5.39. The maximum absolute atomic E-state index is 5.25. The van der Waals surface area contributed by atoms with E-state index in [0.29, 0.717) is 19.3 Å². The molecule has 0 bridgehead atoms. The largest absolute Gasteiger partial charge is 0.383 e. The maximum atomic E-state index is 5.25. The fraction of sp³-hybridized carbons (Fsp3) is 0.667. The van der Waals surface area contributed by atoms with Crippen LogP contribution in [0.4, 0.5) is 0 Å². The van der Waals surface area contributed by atoms with Gasteiger partial charge in [-0.05, 0) is 26.1 Å². The molecule has 1 atom stereocenters. The average Bonchev–Trinajstić information content (AvgIpc) is 2.44. The van der Waals surface area contributed by atoms with E-state index >= 15 is 0 Å². The number of nitrogens with one attached hydrogen (secondary N) is 1. The van der Waals surface area contributed by atoms with Gasteiger partial charge in [0.1, 0.15) is 0 Å². The van der Waals surface area contributed by atoms with Crippen molar-refractivity contribution in [2.24, 2.45) is 0 Å². The molecular weight excluding hydrogens is 254 g/mol. The van der Waals surface area contributed by atoms with Crippen LogP contribution in [0.3, 0.4) is 0 Å². The van der Waals surface area contributed by atoms with E-state index in [-0.39, 0.29) is 0 Å². The molecule has 1 N–H and O–H groups in total. The van der Waals surface area contributed by atoms with Crippen LogP contribution < -0.4 is 5.32 Å². The first-order valence-corrected chi connectivity index (χ1v) is 7.02. The Hall–Kier alpha value is -1.01. The van der Waals surface area contributed by atoms with Gasteiger partial charge in [-0.25, -0.2) is 0 Å². The van der Waals surface area contributed by atoms with Gasteiger partial charge in [0.2, 0.25) is 0 Å². The minimum Gasteiger partial charge on any atom is -0.383 e. The van der Waals surface area contributed by atoms with E-state index in [1.807, 2.05) is 13.1 Å². The lowest BCUT2D eigenvalue weighted by Crippen LogP contribution is -2.38. The Balaban J connectivity index is 2.69. The van der Waals surface area contributed by atoms with Crippen molar-refractivity contribution in [3.63, 3.8) is 0 Å². The van der Waals surface area contributed by atoms with Crippen LogP contribution in [0.25, 0.3) is 0 Å². The average molecular weight is 281 g/mol. The molecule has 114 valence electrons. The van der Waals surface area contributed by atoms with Gasteiger partial charge in [0.15, 0.2) is 0 Å². The Labute approximate surface area is 122 Å². The quantitative estimate of drug-likeness (QED) is 0.700. The molecule has 1 aromatic heterocycles. The van der Waals surface area contributed by atoms with Gasteiger partial charge in [-0.1, -0.05) is 6.07 Å². The zero-order valence-corrected chi connectivity index (χ0v) is 13.1. The molecule has 0 amide bonds. The van der Waals surface area contributed by atoms with Crippen LogP contribution in [0.2, 0.25) is 0 Å². The second kappa shape index (κ2) is 9.83. The van der Waals surface area contributed by atoms with Crippen molar-refractivity contribution in [1.82, 2.24) is 15.2 Å². The summed E-state index contributed by atoms with van der Waals surface area (Å²) in [6.45, 7) is 6.06. The number of hydrogen-bond acceptors (Lipinski definition) is 5. The van der Waals surface area contributed by atoms with E-state index in [1.165, 1.54) is 0 Å². The van der Waals surface area contributed by atoms with Crippen LogP contribution >= 0.6 is 0 Å². The summed E-state index contributed by atoms with van der Waals surface area (Å²) >= 11 is 0. The highest BCUT2D eigenvalue weighted by Crippen LogP contribution is 2.08. The smallest absolute Gasteiger partial charge is 0.0615 e. The minimum absolute atomic E-state index is 0.338. The summed E-state index contributed by atoms with van der Waals surface area (Å²) < 4.78 is 10.4. The Bertz CT molecular complexity index is 374. The first-order valence-electron chi connectivity index (χ1n) is 7.02. The molecule has 1 unspecified atom stereocenters. The summed E-state index contributed by atoms with van der Waals surface area (Å²) in [6, 6.07) is 6.51. The summed E-state index contributed by atoms with van der Waals surface area (Å²) in [5.41, 5.74) is 2.15. The molecule has 20 heavy (non-hydrogen) atoms. The molecule has 0 aliphatic rings. The van der Waals surface area contributed by atoms with Crippen LogP contribution in [-0.4, -0.2) is 57.0 Å². The predicted octanol–water partition coefficient (Wildman–Crippen LogP) is 1.28. The van der Waals surface area contributed by atoms with Gasteiger partial charge in [-0.2, -0.15) is 0 Å².